The summed E-state index contributed by atoms with van der Waals surface area (Å²) in [6.45, 7) is 2.05. The van der Waals surface area contributed by atoms with Crippen molar-refractivity contribution in [1.29, 1.82) is 0 Å². The van der Waals surface area contributed by atoms with Gasteiger partial charge in [-0.1, -0.05) is 17.7 Å². The van der Waals surface area contributed by atoms with Crippen molar-refractivity contribution < 1.29 is 9.57 Å². The van der Waals surface area contributed by atoms with Crippen LogP contribution in [0, 0.1) is 6.92 Å². The average molecular weight is 229 g/mol. The summed E-state index contributed by atoms with van der Waals surface area (Å²) in [5, 5.41) is 0. The Kier molecular flexibility index (Phi) is 3.62. The van der Waals surface area contributed by atoms with Crippen molar-refractivity contribution in [3.63, 3.8) is 0 Å². The van der Waals surface area contributed by atoms with Crippen molar-refractivity contribution in [3.8, 4) is 17.2 Å². The summed E-state index contributed by atoms with van der Waals surface area (Å²) in [5.41, 5.74) is 3.84. The van der Waals surface area contributed by atoms with Gasteiger partial charge in [-0.15, -0.1) is 0 Å². The number of hydrogen-bond acceptors (Lipinski definition) is 3. The Labute approximate surface area is 101 Å². The Bertz CT molecular complexity index is 463. The fourth-order valence-electron chi connectivity index (χ4n) is 1.44. The van der Waals surface area contributed by atoms with Gasteiger partial charge in [-0.2, -0.15) is 5.48 Å². The second kappa shape index (κ2) is 5.37. The van der Waals surface area contributed by atoms with Gasteiger partial charge in [-0.25, -0.2) is 0 Å². The molecule has 0 saturated heterocycles. The molecule has 3 nitrogen and oxygen atoms in total. The molecule has 3 heteroatoms. The first-order valence-electron chi connectivity index (χ1n) is 5.46. The highest BCUT2D eigenvalue weighted by Crippen LogP contribution is 2.23. The van der Waals surface area contributed by atoms with E-state index in [0.717, 1.165) is 17.2 Å². The topological polar surface area (TPSA) is 30.5 Å². The quantitative estimate of drug-likeness (QED) is 0.816. The number of rotatable bonds is 4. The van der Waals surface area contributed by atoms with Crippen LogP contribution in [-0.4, -0.2) is 7.05 Å². The van der Waals surface area contributed by atoms with Gasteiger partial charge >= 0.3 is 0 Å². The van der Waals surface area contributed by atoms with E-state index in [-0.39, 0.29) is 0 Å². The normalized spacial score (nSPS) is 10.0. The van der Waals surface area contributed by atoms with Crippen molar-refractivity contribution in [1.82, 2.24) is 5.48 Å². The highest BCUT2D eigenvalue weighted by Gasteiger charge is 1.98. The lowest BCUT2D eigenvalue weighted by Crippen LogP contribution is -2.10. The molecule has 0 aliphatic rings. The van der Waals surface area contributed by atoms with Crippen LogP contribution in [0.5, 0.6) is 17.2 Å². The van der Waals surface area contributed by atoms with Crippen molar-refractivity contribution in [2.24, 2.45) is 0 Å². The Morgan fingerprint density at radius 1 is 0.765 bits per heavy atom. The first-order chi connectivity index (χ1) is 8.28. The molecule has 17 heavy (non-hydrogen) atoms. The van der Waals surface area contributed by atoms with Crippen molar-refractivity contribution >= 4 is 0 Å². The van der Waals surface area contributed by atoms with Gasteiger partial charge in [0.05, 0.1) is 0 Å². The zero-order chi connectivity index (χ0) is 12.1. The van der Waals surface area contributed by atoms with Gasteiger partial charge in [0.25, 0.3) is 0 Å². The summed E-state index contributed by atoms with van der Waals surface area (Å²) in [4.78, 5) is 5.12. The third-order valence-electron chi connectivity index (χ3n) is 2.30. The monoisotopic (exact) mass is 229 g/mol. The van der Waals surface area contributed by atoms with E-state index < -0.39 is 0 Å². The second-order valence-corrected chi connectivity index (χ2v) is 3.69. The van der Waals surface area contributed by atoms with Crippen molar-refractivity contribution in [2.75, 3.05) is 7.05 Å². The summed E-state index contributed by atoms with van der Waals surface area (Å²) >= 11 is 0. The number of hydrogen-bond donors (Lipinski definition) is 1. The first-order valence-corrected chi connectivity index (χ1v) is 5.46. The molecule has 0 aromatic heterocycles. The predicted molar refractivity (Wildman–Crippen MR) is 67.4 cm³/mol. The lowest BCUT2D eigenvalue weighted by Gasteiger charge is -2.07. The van der Waals surface area contributed by atoms with Crippen LogP contribution in [0.4, 0.5) is 0 Å². The number of hydroxylamine groups is 1. The molecule has 0 atom stereocenters. The molecule has 0 bridgehead atoms. The van der Waals surface area contributed by atoms with E-state index in [9.17, 15) is 0 Å². The zero-order valence-electron chi connectivity index (χ0n) is 9.94. The third-order valence-corrected chi connectivity index (χ3v) is 2.30. The fourth-order valence-corrected chi connectivity index (χ4v) is 1.44. The minimum Gasteiger partial charge on any atom is -0.457 e. The Balaban J connectivity index is 2.05. The molecule has 88 valence electrons. The number of ether oxygens (including phenoxy) is 1. The van der Waals surface area contributed by atoms with Crippen molar-refractivity contribution in [3.05, 3.63) is 54.1 Å². The van der Waals surface area contributed by atoms with Gasteiger partial charge in [0.2, 0.25) is 0 Å². The smallest absolute Gasteiger partial charge is 0.147 e. The molecular formula is C14H15NO2. The van der Waals surface area contributed by atoms with Crippen LogP contribution in [0.1, 0.15) is 5.56 Å². The molecule has 0 radical (unpaired) electrons. The molecule has 1 N–H and O–H groups in total. The number of benzene rings is 2. The molecule has 0 heterocycles. The van der Waals surface area contributed by atoms with Gasteiger partial charge in [0, 0.05) is 7.05 Å². The van der Waals surface area contributed by atoms with E-state index in [0.29, 0.717) is 0 Å². The maximum absolute atomic E-state index is 5.69. The second-order valence-electron chi connectivity index (χ2n) is 3.69. The summed E-state index contributed by atoms with van der Waals surface area (Å²) < 4.78 is 5.69. The molecule has 0 fully saturated rings. The standard InChI is InChI=1S/C14H15NO2/c1-11-3-5-12(6-4-11)16-13-7-9-14(10-8-13)17-15-2/h3-10,15H,1-2H3. The lowest BCUT2D eigenvalue weighted by atomic mass is 10.2. The lowest BCUT2D eigenvalue weighted by molar-refractivity contribution is 0.223. The highest BCUT2D eigenvalue weighted by molar-refractivity contribution is 5.36. The maximum Gasteiger partial charge on any atom is 0.147 e. The molecule has 0 amide bonds. The maximum atomic E-state index is 5.69. The van der Waals surface area contributed by atoms with Crippen molar-refractivity contribution in [2.45, 2.75) is 6.92 Å². The highest BCUT2D eigenvalue weighted by atomic mass is 16.6. The van der Waals surface area contributed by atoms with E-state index in [1.165, 1.54) is 5.56 Å². The van der Waals surface area contributed by atoms with Gasteiger partial charge in [0.1, 0.15) is 17.2 Å². The molecule has 0 aliphatic heterocycles. The van der Waals surface area contributed by atoms with E-state index in [1.54, 1.807) is 7.05 Å². The first kappa shape index (κ1) is 11.5. The molecule has 2 rings (SSSR count). The van der Waals surface area contributed by atoms with Crippen LogP contribution in [-0.2, 0) is 0 Å². The third kappa shape index (κ3) is 3.23. The van der Waals surface area contributed by atoms with Crippen LogP contribution in [0.15, 0.2) is 48.5 Å². The largest absolute Gasteiger partial charge is 0.457 e. The van der Waals surface area contributed by atoms with E-state index in [4.69, 9.17) is 9.57 Å². The summed E-state index contributed by atoms with van der Waals surface area (Å²) in [6, 6.07) is 15.4. The van der Waals surface area contributed by atoms with E-state index >= 15 is 0 Å². The fraction of sp³-hybridized carbons (Fsp3) is 0.143. The molecule has 2 aromatic carbocycles. The molecule has 0 spiro atoms. The van der Waals surface area contributed by atoms with Crippen LogP contribution in [0.2, 0.25) is 0 Å². The molecule has 0 aliphatic carbocycles. The molecule has 0 unspecified atom stereocenters. The molecule has 2 aromatic rings. The van der Waals surface area contributed by atoms with Gasteiger partial charge in [-0.05, 0) is 43.3 Å². The average Bonchev–Trinajstić information content (AvgIpc) is 2.35. The van der Waals surface area contributed by atoms with E-state index in [2.05, 4.69) is 5.48 Å². The van der Waals surface area contributed by atoms with Gasteiger partial charge < -0.3 is 9.57 Å². The Morgan fingerprint density at radius 2 is 1.24 bits per heavy atom. The Morgan fingerprint density at radius 3 is 1.76 bits per heavy atom. The minimum absolute atomic E-state index is 0.753. The van der Waals surface area contributed by atoms with Gasteiger partial charge in [-0.3, -0.25) is 0 Å². The van der Waals surface area contributed by atoms with Crippen LogP contribution in [0.25, 0.3) is 0 Å². The minimum atomic E-state index is 0.753. The van der Waals surface area contributed by atoms with Gasteiger partial charge in [0.15, 0.2) is 0 Å². The van der Waals surface area contributed by atoms with Crippen LogP contribution < -0.4 is 15.1 Å². The number of nitrogens with one attached hydrogen (secondary N) is 1. The van der Waals surface area contributed by atoms with Crippen LogP contribution >= 0.6 is 0 Å². The molecular weight excluding hydrogens is 214 g/mol. The SMILES string of the molecule is CNOc1ccc(Oc2ccc(C)cc2)cc1. The predicted octanol–water partition coefficient (Wildman–Crippen LogP) is 3.30. The summed E-state index contributed by atoms with van der Waals surface area (Å²) in [6.07, 6.45) is 0. The van der Waals surface area contributed by atoms with E-state index in [1.807, 2.05) is 55.5 Å². The Hall–Kier alpha value is -2.00. The summed E-state index contributed by atoms with van der Waals surface area (Å²) in [7, 11) is 1.72. The van der Waals surface area contributed by atoms with Crippen LogP contribution in [0.3, 0.4) is 0 Å². The zero-order valence-corrected chi connectivity index (χ0v) is 9.94. The summed E-state index contributed by atoms with van der Waals surface area (Å²) in [5.74, 6) is 2.37. The molecule has 0 saturated carbocycles. The number of aryl methyl sites for hydroxylation is 1.